The molecular formula is C14H7F3N6O. The Balaban J connectivity index is 1.78. The van der Waals surface area contributed by atoms with Crippen molar-refractivity contribution in [2.45, 2.75) is 6.18 Å². The van der Waals surface area contributed by atoms with E-state index in [9.17, 15) is 13.2 Å². The molecule has 0 fully saturated rings. The molecule has 0 atom stereocenters. The fourth-order valence-electron chi connectivity index (χ4n) is 2.19. The summed E-state index contributed by atoms with van der Waals surface area (Å²) in [6.07, 6.45) is -1.65. The number of alkyl halides is 3. The third-order valence-corrected chi connectivity index (χ3v) is 3.25. The number of nitrogens with one attached hydrogen (secondary N) is 1. The summed E-state index contributed by atoms with van der Waals surface area (Å²) in [5.41, 5.74) is 2.55. The SMILES string of the molecule is FC(F)(F)c1nc(-c2ccnc(-c3n[nH]c4cccnc34)c2)no1. The molecule has 0 unspecified atom stereocenters. The van der Waals surface area contributed by atoms with Gasteiger partial charge in [-0.3, -0.25) is 15.1 Å². The fraction of sp³-hybridized carbons (Fsp3) is 0.0714. The van der Waals surface area contributed by atoms with Crippen molar-refractivity contribution in [1.29, 1.82) is 0 Å². The normalized spacial score (nSPS) is 12.0. The van der Waals surface area contributed by atoms with Crippen LogP contribution in [0.5, 0.6) is 0 Å². The Bertz CT molecular complexity index is 1020. The number of aromatic amines is 1. The minimum Gasteiger partial charge on any atom is -0.329 e. The van der Waals surface area contributed by atoms with Crippen molar-refractivity contribution in [2.24, 2.45) is 0 Å². The van der Waals surface area contributed by atoms with Crippen LogP contribution < -0.4 is 0 Å². The van der Waals surface area contributed by atoms with Crippen molar-refractivity contribution < 1.29 is 17.7 Å². The molecule has 0 bridgehead atoms. The van der Waals surface area contributed by atoms with Gasteiger partial charge in [-0.05, 0) is 24.3 Å². The van der Waals surface area contributed by atoms with E-state index in [2.05, 4.69) is 34.8 Å². The third-order valence-electron chi connectivity index (χ3n) is 3.25. The van der Waals surface area contributed by atoms with E-state index in [0.29, 0.717) is 22.5 Å². The van der Waals surface area contributed by atoms with Crippen molar-refractivity contribution in [3.63, 3.8) is 0 Å². The number of fused-ring (bicyclic) bond motifs is 1. The summed E-state index contributed by atoms with van der Waals surface area (Å²) in [6, 6.07) is 6.57. The van der Waals surface area contributed by atoms with Crippen molar-refractivity contribution in [3.8, 4) is 22.8 Å². The molecule has 24 heavy (non-hydrogen) atoms. The van der Waals surface area contributed by atoms with Gasteiger partial charge >= 0.3 is 12.1 Å². The molecule has 0 aliphatic carbocycles. The van der Waals surface area contributed by atoms with E-state index in [4.69, 9.17) is 0 Å². The second-order valence-corrected chi connectivity index (χ2v) is 4.82. The molecule has 4 heterocycles. The first-order chi connectivity index (χ1) is 11.5. The standard InChI is InChI=1S/C14H7F3N6O/c15-14(16,17)13-20-12(23-24-13)7-3-5-18-9(6-7)11-10-8(21-22-11)2-1-4-19-10/h1-6H,(H,21,22). The molecule has 0 aromatic carbocycles. The topological polar surface area (TPSA) is 93.4 Å². The van der Waals surface area contributed by atoms with Crippen molar-refractivity contribution in [3.05, 3.63) is 42.5 Å². The average molecular weight is 332 g/mol. The van der Waals surface area contributed by atoms with Gasteiger partial charge in [0.1, 0.15) is 11.2 Å². The molecule has 0 saturated heterocycles. The van der Waals surface area contributed by atoms with Crippen molar-refractivity contribution in [1.82, 2.24) is 30.3 Å². The molecule has 0 aliphatic rings. The Hall–Kier alpha value is -3.30. The molecule has 0 radical (unpaired) electrons. The van der Waals surface area contributed by atoms with Gasteiger partial charge in [0.05, 0.1) is 11.2 Å². The largest absolute Gasteiger partial charge is 0.471 e. The van der Waals surface area contributed by atoms with E-state index in [1.807, 2.05) is 0 Å². The minimum absolute atomic E-state index is 0.182. The summed E-state index contributed by atoms with van der Waals surface area (Å²) in [6.45, 7) is 0. The van der Waals surface area contributed by atoms with Crippen LogP contribution in [0.25, 0.3) is 33.8 Å². The first kappa shape index (κ1) is 14.3. The number of aromatic nitrogens is 6. The van der Waals surface area contributed by atoms with Gasteiger partial charge in [0.2, 0.25) is 5.82 Å². The van der Waals surface area contributed by atoms with E-state index >= 15 is 0 Å². The molecule has 120 valence electrons. The molecule has 0 aliphatic heterocycles. The van der Waals surface area contributed by atoms with Crippen LogP contribution in [-0.2, 0) is 6.18 Å². The highest BCUT2D eigenvalue weighted by Gasteiger charge is 2.38. The summed E-state index contributed by atoms with van der Waals surface area (Å²) in [5, 5.41) is 10.3. The van der Waals surface area contributed by atoms with Crippen molar-refractivity contribution >= 4 is 11.0 Å². The maximum atomic E-state index is 12.6. The van der Waals surface area contributed by atoms with Gasteiger partial charge in [0.25, 0.3) is 0 Å². The van der Waals surface area contributed by atoms with Gasteiger partial charge in [0.15, 0.2) is 0 Å². The number of hydrogen-bond acceptors (Lipinski definition) is 6. The molecule has 4 rings (SSSR count). The predicted molar refractivity (Wildman–Crippen MR) is 75.4 cm³/mol. The Labute approximate surface area is 131 Å². The second kappa shape index (κ2) is 5.11. The quantitative estimate of drug-likeness (QED) is 0.606. The highest BCUT2D eigenvalue weighted by molar-refractivity contribution is 5.88. The monoisotopic (exact) mass is 332 g/mol. The van der Waals surface area contributed by atoms with Gasteiger partial charge in [-0.25, -0.2) is 0 Å². The number of pyridine rings is 2. The number of H-pyrrole nitrogens is 1. The van der Waals surface area contributed by atoms with Gasteiger partial charge in [-0.1, -0.05) is 5.16 Å². The molecule has 1 N–H and O–H groups in total. The molecule has 0 saturated carbocycles. The fourth-order valence-corrected chi connectivity index (χ4v) is 2.19. The van der Waals surface area contributed by atoms with Crippen LogP contribution in [-0.4, -0.2) is 30.3 Å². The summed E-state index contributed by atoms with van der Waals surface area (Å²) in [7, 11) is 0. The van der Waals surface area contributed by atoms with E-state index in [1.165, 1.54) is 18.3 Å². The predicted octanol–water partition coefficient (Wildman–Crippen LogP) is 3.09. The van der Waals surface area contributed by atoms with E-state index in [-0.39, 0.29) is 5.82 Å². The van der Waals surface area contributed by atoms with Gasteiger partial charge in [0, 0.05) is 18.0 Å². The number of halogens is 3. The Kier molecular flexibility index (Phi) is 3.05. The smallest absolute Gasteiger partial charge is 0.329 e. The van der Waals surface area contributed by atoms with Crippen LogP contribution in [0.15, 0.2) is 41.2 Å². The lowest BCUT2D eigenvalue weighted by atomic mass is 10.1. The Morgan fingerprint density at radius 3 is 2.75 bits per heavy atom. The molecule has 7 nitrogen and oxygen atoms in total. The number of hydrogen-bond donors (Lipinski definition) is 1. The first-order valence-electron chi connectivity index (χ1n) is 6.69. The molecule has 0 amide bonds. The average Bonchev–Trinajstić information content (AvgIpc) is 3.22. The number of nitrogens with zero attached hydrogens (tertiary/aromatic N) is 5. The van der Waals surface area contributed by atoms with Gasteiger partial charge in [-0.2, -0.15) is 23.3 Å². The highest BCUT2D eigenvalue weighted by Crippen LogP contribution is 2.30. The summed E-state index contributed by atoms with van der Waals surface area (Å²) < 4.78 is 41.9. The van der Waals surface area contributed by atoms with Crippen molar-refractivity contribution in [2.75, 3.05) is 0 Å². The van der Waals surface area contributed by atoms with E-state index in [1.54, 1.807) is 18.3 Å². The number of rotatable bonds is 2. The molecule has 10 heteroatoms. The summed E-state index contributed by atoms with van der Waals surface area (Å²) in [4.78, 5) is 11.8. The van der Waals surface area contributed by atoms with E-state index < -0.39 is 12.1 Å². The van der Waals surface area contributed by atoms with Crippen LogP contribution in [0.3, 0.4) is 0 Å². The third kappa shape index (κ3) is 2.37. The highest BCUT2D eigenvalue weighted by atomic mass is 19.4. The lowest BCUT2D eigenvalue weighted by Gasteiger charge is -1.99. The van der Waals surface area contributed by atoms with Crippen LogP contribution in [0, 0.1) is 0 Å². The molecule has 4 aromatic rings. The minimum atomic E-state index is -4.69. The maximum Gasteiger partial charge on any atom is 0.471 e. The zero-order chi connectivity index (χ0) is 16.7. The Morgan fingerprint density at radius 1 is 1.08 bits per heavy atom. The lowest BCUT2D eigenvalue weighted by molar-refractivity contribution is -0.159. The van der Waals surface area contributed by atoms with Crippen LogP contribution in [0.1, 0.15) is 5.89 Å². The molecule has 0 spiro atoms. The van der Waals surface area contributed by atoms with Crippen LogP contribution >= 0.6 is 0 Å². The van der Waals surface area contributed by atoms with Crippen LogP contribution in [0.4, 0.5) is 13.2 Å². The second-order valence-electron chi connectivity index (χ2n) is 4.82. The first-order valence-corrected chi connectivity index (χ1v) is 6.69. The van der Waals surface area contributed by atoms with Gasteiger partial charge < -0.3 is 4.52 Å². The molecule has 4 aromatic heterocycles. The van der Waals surface area contributed by atoms with Crippen LogP contribution in [0.2, 0.25) is 0 Å². The van der Waals surface area contributed by atoms with Gasteiger partial charge in [-0.15, -0.1) is 0 Å². The lowest BCUT2D eigenvalue weighted by Crippen LogP contribution is -2.04. The Morgan fingerprint density at radius 2 is 1.96 bits per heavy atom. The van der Waals surface area contributed by atoms with E-state index in [0.717, 1.165) is 5.52 Å². The maximum absolute atomic E-state index is 12.6. The zero-order valence-corrected chi connectivity index (χ0v) is 11.7. The summed E-state index contributed by atoms with van der Waals surface area (Å²) in [5.74, 6) is -1.58. The summed E-state index contributed by atoms with van der Waals surface area (Å²) >= 11 is 0. The molecular weight excluding hydrogens is 325 g/mol. The zero-order valence-electron chi connectivity index (χ0n) is 11.7.